The second-order valence-electron chi connectivity index (χ2n) is 4.91. The van der Waals surface area contributed by atoms with Crippen molar-refractivity contribution in [1.82, 2.24) is 5.32 Å². The van der Waals surface area contributed by atoms with E-state index in [1.54, 1.807) is 24.3 Å². The van der Waals surface area contributed by atoms with Gasteiger partial charge in [0.15, 0.2) is 6.61 Å². The van der Waals surface area contributed by atoms with Crippen LogP contribution in [-0.4, -0.2) is 31.6 Å². The number of nitrogens with one attached hydrogen (secondary N) is 1. The maximum atomic E-state index is 11.6. The van der Waals surface area contributed by atoms with Crippen molar-refractivity contribution >= 4 is 35.3 Å². The molecule has 1 aromatic heterocycles. The SMILES string of the molecule is COC(=O)c1ccc(/C=C/C(=O)OCC(=O)NCc2cccs2)cc1. The van der Waals surface area contributed by atoms with E-state index < -0.39 is 11.9 Å². The number of esters is 2. The molecule has 0 aliphatic rings. The molecular formula is C18H17NO5S. The molecule has 0 unspecified atom stereocenters. The van der Waals surface area contributed by atoms with Crippen LogP contribution in [0, 0.1) is 0 Å². The molecule has 1 amide bonds. The summed E-state index contributed by atoms with van der Waals surface area (Å²) in [5.74, 6) is -1.41. The van der Waals surface area contributed by atoms with Gasteiger partial charge in [-0.3, -0.25) is 4.79 Å². The van der Waals surface area contributed by atoms with Crippen molar-refractivity contribution < 1.29 is 23.9 Å². The van der Waals surface area contributed by atoms with Crippen molar-refractivity contribution in [3.63, 3.8) is 0 Å². The minimum atomic E-state index is -0.622. The Morgan fingerprint density at radius 2 is 1.92 bits per heavy atom. The molecule has 6 nitrogen and oxygen atoms in total. The first kappa shape index (κ1) is 18.4. The number of carbonyl (C=O) groups is 3. The third-order valence-corrected chi connectivity index (χ3v) is 4.01. The average Bonchev–Trinajstić information content (AvgIpc) is 3.16. The first-order valence-corrected chi connectivity index (χ1v) is 8.29. The van der Waals surface area contributed by atoms with Crippen LogP contribution < -0.4 is 5.32 Å². The maximum Gasteiger partial charge on any atom is 0.337 e. The molecule has 7 heteroatoms. The van der Waals surface area contributed by atoms with E-state index in [0.29, 0.717) is 17.7 Å². The molecule has 0 fully saturated rings. The van der Waals surface area contributed by atoms with Crippen LogP contribution in [0.25, 0.3) is 6.08 Å². The van der Waals surface area contributed by atoms with E-state index in [0.717, 1.165) is 4.88 Å². The fourth-order valence-corrected chi connectivity index (χ4v) is 2.49. The molecule has 2 aromatic rings. The van der Waals surface area contributed by atoms with E-state index in [1.165, 1.54) is 30.6 Å². The molecule has 0 radical (unpaired) electrons. The molecule has 2 rings (SSSR count). The Bertz CT molecular complexity index is 750. The Kier molecular flexibility index (Phi) is 6.91. The summed E-state index contributed by atoms with van der Waals surface area (Å²) < 4.78 is 9.47. The summed E-state index contributed by atoms with van der Waals surface area (Å²) in [6.45, 7) is 0.0757. The van der Waals surface area contributed by atoms with Gasteiger partial charge in [-0.25, -0.2) is 9.59 Å². The second-order valence-corrected chi connectivity index (χ2v) is 5.94. The van der Waals surface area contributed by atoms with Crippen molar-refractivity contribution in [2.24, 2.45) is 0 Å². The fraction of sp³-hybridized carbons (Fsp3) is 0.167. The number of carbonyl (C=O) groups excluding carboxylic acids is 3. The van der Waals surface area contributed by atoms with E-state index in [-0.39, 0.29) is 12.5 Å². The van der Waals surface area contributed by atoms with E-state index >= 15 is 0 Å². The Morgan fingerprint density at radius 1 is 1.16 bits per heavy atom. The van der Waals surface area contributed by atoms with E-state index in [4.69, 9.17) is 4.74 Å². The van der Waals surface area contributed by atoms with Gasteiger partial charge < -0.3 is 14.8 Å². The molecule has 1 aromatic carbocycles. The van der Waals surface area contributed by atoms with Crippen molar-refractivity contribution in [1.29, 1.82) is 0 Å². The van der Waals surface area contributed by atoms with E-state index in [2.05, 4.69) is 10.1 Å². The second kappa shape index (κ2) is 9.39. The average molecular weight is 359 g/mol. The largest absolute Gasteiger partial charge is 0.465 e. The highest BCUT2D eigenvalue weighted by Gasteiger charge is 2.06. The van der Waals surface area contributed by atoms with Crippen LogP contribution in [0.15, 0.2) is 47.9 Å². The topological polar surface area (TPSA) is 81.7 Å². The van der Waals surface area contributed by atoms with Gasteiger partial charge in [-0.05, 0) is 35.2 Å². The van der Waals surface area contributed by atoms with Crippen LogP contribution >= 0.6 is 11.3 Å². The summed E-state index contributed by atoms with van der Waals surface area (Å²) in [6, 6.07) is 10.3. The van der Waals surface area contributed by atoms with Crippen molar-refractivity contribution in [2.45, 2.75) is 6.54 Å². The van der Waals surface area contributed by atoms with Gasteiger partial charge in [0, 0.05) is 11.0 Å². The zero-order chi connectivity index (χ0) is 18.1. The molecular weight excluding hydrogens is 342 g/mol. The highest BCUT2D eigenvalue weighted by molar-refractivity contribution is 7.09. The molecule has 1 N–H and O–H groups in total. The van der Waals surface area contributed by atoms with E-state index in [9.17, 15) is 14.4 Å². The lowest BCUT2D eigenvalue weighted by Gasteiger charge is -2.04. The Morgan fingerprint density at radius 3 is 2.56 bits per heavy atom. The van der Waals surface area contributed by atoms with Crippen molar-refractivity contribution in [3.05, 3.63) is 63.9 Å². The van der Waals surface area contributed by atoms with Crippen molar-refractivity contribution in [2.75, 3.05) is 13.7 Å². The van der Waals surface area contributed by atoms with Gasteiger partial charge in [-0.2, -0.15) is 0 Å². The molecule has 1 heterocycles. The van der Waals surface area contributed by atoms with E-state index in [1.807, 2.05) is 17.5 Å². The third-order valence-electron chi connectivity index (χ3n) is 3.13. The van der Waals surface area contributed by atoms with Gasteiger partial charge in [0.05, 0.1) is 19.2 Å². The lowest BCUT2D eigenvalue weighted by molar-refractivity contribution is -0.143. The smallest absolute Gasteiger partial charge is 0.337 e. The van der Waals surface area contributed by atoms with Crippen LogP contribution in [0.5, 0.6) is 0 Å². The summed E-state index contributed by atoms with van der Waals surface area (Å²) in [6.07, 6.45) is 2.76. The Hall–Kier alpha value is -2.93. The van der Waals surface area contributed by atoms with Gasteiger partial charge in [0.2, 0.25) is 0 Å². The third kappa shape index (κ3) is 6.23. The molecule has 0 aliphatic carbocycles. The predicted molar refractivity (Wildman–Crippen MR) is 93.9 cm³/mol. The standard InChI is InChI=1S/C18H17NO5S/c1-23-18(22)14-7-4-13(5-8-14)6-9-17(21)24-12-16(20)19-11-15-3-2-10-25-15/h2-10H,11-12H2,1H3,(H,19,20)/b9-6+. The zero-order valence-corrected chi connectivity index (χ0v) is 14.4. The number of hydrogen-bond donors (Lipinski definition) is 1. The van der Waals surface area contributed by atoms with Crippen LogP contribution in [0.2, 0.25) is 0 Å². The van der Waals surface area contributed by atoms with Crippen LogP contribution in [-0.2, 0) is 25.6 Å². The number of ether oxygens (including phenoxy) is 2. The van der Waals surface area contributed by atoms with Crippen LogP contribution in [0.4, 0.5) is 0 Å². The molecule has 0 saturated heterocycles. The zero-order valence-electron chi connectivity index (χ0n) is 13.6. The quantitative estimate of drug-likeness (QED) is 0.606. The molecule has 130 valence electrons. The molecule has 0 saturated carbocycles. The number of benzene rings is 1. The number of amides is 1. The number of hydrogen-bond acceptors (Lipinski definition) is 6. The monoisotopic (exact) mass is 359 g/mol. The molecule has 25 heavy (non-hydrogen) atoms. The van der Waals surface area contributed by atoms with Crippen LogP contribution in [0.1, 0.15) is 20.8 Å². The first-order chi connectivity index (χ1) is 12.1. The first-order valence-electron chi connectivity index (χ1n) is 7.41. The van der Waals surface area contributed by atoms with Gasteiger partial charge in [-0.15, -0.1) is 11.3 Å². The maximum absolute atomic E-state index is 11.6. The summed E-state index contributed by atoms with van der Waals surface area (Å²) in [5, 5.41) is 4.58. The fourth-order valence-electron chi connectivity index (χ4n) is 1.85. The minimum absolute atomic E-state index is 0.337. The van der Waals surface area contributed by atoms with Gasteiger partial charge >= 0.3 is 11.9 Å². The summed E-state index contributed by atoms with van der Waals surface area (Å²) >= 11 is 1.54. The summed E-state index contributed by atoms with van der Waals surface area (Å²) in [7, 11) is 1.31. The lowest BCUT2D eigenvalue weighted by Crippen LogP contribution is -2.27. The number of methoxy groups -OCH3 is 1. The van der Waals surface area contributed by atoms with Crippen LogP contribution in [0.3, 0.4) is 0 Å². The predicted octanol–water partition coefficient (Wildman–Crippen LogP) is 2.41. The highest BCUT2D eigenvalue weighted by Crippen LogP contribution is 2.08. The number of thiophene rings is 1. The molecule has 0 atom stereocenters. The van der Waals surface area contributed by atoms with Gasteiger partial charge in [-0.1, -0.05) is 18.2 Å². The summed E-state index contributed by atoms with van der Waals surface area (Å²) in [4.78, 5) is 35.5. The van der Waals surface area contributed by atoms with Gasteiger partial charge in [0.25, 0.3) is 5.91 Å². The molecule has 0 aliphatic heterocycles. The highest BCUT2D eigenvalue weighted by atomic mass is 32.1. The van der Waals surface area contributed by atoms with Crippen molar-refractivity contribution in [3.8, 4) is 0 Å². The molecule has 0 spiro atoms. The number of rotatable bonds is 7. The van der Waals surface area contributed by atoms with Gasteiger partial charge in [0.1, 0.15) is 0 Å². The normalized spacial score (nSPS) is 10.4. The Labute approximate surface area is 149 Å². The summed E-state index contributed by atoms with van der Waals surface area (Å²) in [5.41, 5.74) is 1.14. The molecule has 0 bridgehead atoms. The minimum Gasteiger partial charge on any atom is -0.465 e. The Balaban J connectivity index is 1.74. The lowest BCUT2D eigenvalue weighted by atomic mass is 10.1.